The summed E-state index contributed by atoms with van der Waals surface area (Å²) in [5.74, 6) is -1.14. The van der Waals surface area contributed by atoms with Crippen LogP contribution in [0.15, 0.2) is 48.5 Å². The summed E-state index contributed by atoms with van der Waals surface area (Å²) in [5.41, 5.74) is 3.22. The van der Waals surface area contributed by atoms with Gasteiger partial charge in [0.05, 0.1) is 0 Å². The Morgan fingerprint density at radius 3 is 2.14 bits per heavy atom. The maximum Gasteiger partial charge on any atom is 0.407 e. The van der Waals surface area contributed by atoms with Gasteiger partial charge in [-0.15, -0.1) is 0 Å². The lowest BCUT2D eigenvalue weighted by molar-refractivity contribution is -0.150. The molecule has 1 saturated carbocycles. The van der Waals surface area contributed by atoms with Crippen molar-refractivity contribution in [3.8, 4) is 11.1 Å². The summed E-state index contributed by atoms with van der Waals surface area (Å²) in [4.78, 5) is 37.8. The first-order valence-corrected chi connectivity index (χ1v) is 12.5. The van der Waals surface area contributed by atoms with E-state index in [1.165, 1.54) is 0 Å². The first-order chi connectivity index (χ1) is 16.8. The molecule has 4 rings (SSSR count). The number of carbonyl (C=O) groups excluding carboxylic acids is 2. The molecule has 0 unspecified atom stereocenters. The van der Waals surface area contributed by atoms with Crippen molar-refractivity contribution in [2.75, 3.05) is 6.61 Å². The highest BCUT2D eigenvalue weighted by molar-refractivity contribution is 5.91. The van der Waals surface area contributed by atoms with Crippen molar-refractivity contribution in [2.45, 2.75) is 69.9 Å². The second-order valence-electron chi connectivity index (χ2n) is 9.87. The molecule has 2 aliphatic carbocycles. The number of carbonyl (C=O) groups is 3. The van der Waals surface area contributed by atoms with Crippen LogP contribution in [0, 0.1) is 5.92 Å². The smallest absolute Gasteiger partial charge is 0.407 e. The standard InChI is InChI=1S/C28H34N2O5/c1-3-8-24(25(31)30-28(26(32)33)15-13-18(2)14-16-28)29-27(34)35-17-23-21-11-6-4-9-19(21)20-10-5-7-12-22(20)23/h4-7,9-12,18,23-24H,3,8,13-17H2,1-2H3,(H,29,34)(H,30,31)(H,32,33)/t18?,24-,28?/m0/s1. The van der Waals surface area contributed by atoms with Gasteiger partial charge in [-0.2, -0.15) is 0 Å². The van der Waals surface area contributed by atoms with Gasteiger partial charge in [0.15, 0.2) is 0 Å². The molecule has 2 aliphatic rings. The summed E-state index contributed by atoms with van der Waals surface area (Å²) >= 11 is 0. The number of carboxylic acids is 1. The summed E-state index contributed by atoms with van der Waals surface area (Å²) in [6.07, 6.45) is 2.62. The summed E-state index contributed by atoms with van der Waals surface area (Å²) in [5, 5.41) is 15.3. The summed E-state index contributed by atoms with van der Waals surface area (Å²) in [7, 11) is 0. The van der Waals surface area contributed by atoms with E-state index in [-0.39, 0.29) is 12.5 Å². The minimum Gasteiger partial charge on any atom is -0.480 e. The van der Waals surface area contributed by atoms with E-state index in [0.29, 0.717) is 31.6 Å². The second-order valence-corrected chi connectivity index (χ2v) is 9.87. The number of benzene rings is 2. The number of hydrogen-bond acceptors (Lipinski definition) is 4. The molecule has 0 aromatic heterocycles. The highest BCUT2D eigenvalue weighted by Crippen LogP contribution is 2.44. The van der Waals surface area contributed by atoms with Crippen LogP contribution in [0.4, 0.5) is 4.79 Å². The Bertz CT molecular complexity index is 1040. The van der Waals surface area contributed by atoms with Gasteiger partial charge < -0.3 is 20.5 Å². The molecule has 0 saturated heterocycles. The third-order valence-electron chi connectivity index (χ3n) is 7.43. The maximum absolute atomic E-state index is 13.1. The van der Waals surface area contributed by atoms with Crippen molar-refractivity contribution in [2.24, 2.45) is 5.92 Å². The third kappa shape index (κ3) is 5.19. The molecule has 0 bridgehead atoms. The molecule has 2 aromatic rings. The summed E-state index contributed by atoms with van der Waals surface area (Å²) in [6, 6.07) is 15.3. The van der Waals surface area contributed by atoms with Gasteiger partial charge in [-0.05, 0) is 60.3 Å². The fraction of sp³-hybridized carbons (Fsp3) is 0.464. The zero-order valence-corrected chi connectivity index (χ0v) is 20.4. The number of aliphatic carboxylic acids is 1. The van der Waals surface area contributed by atoms with Crippen LogP contribution in [0.3, 0.4) is 0 Å². The van der Waals surface area contributed by atoms with E-state index in [9.17, 15) is 19.5 Å². The summed E-state index contributed by atoms with van der Waals surface area (Å²) < 4.78 is 5.60. The minimum atomic E-state index is -1.28. The van der Waals surface area contributed by atoms with Gasteiger partial charge in [0.2, 0.25) is 5.91 Å². The Hall–Kier alpha value is -3.35. The number of alkyl carbamates (subject to hydrolysis) is 1. The van der Waals surface area contributed by atoms with Gasteiger partial charge in [-0.1, -0.05) is 68.8 Å². The lowest BCUT2D eigenvalue weighted by Gasteiger charge is -2.37. The summed E-state index contributed by atoms with van der Waals surface area (Å²) in [6.45, 7) is 4.15. The molecule has 3 N–H and O–H groups in total. The number of hydrogen-bond donors (Lipinski definition) is 3. The van der Waals surface area contributed by atoms with Crippen molar-refractivity contribution >= 4 is 18.0 Å². The monoisotopic (exact) mass is 478 g/mol. The predicted octanol–water partition coefficient (Wildman–Crippen LogP) is 4.84. The molecule has 7 heteroatoms. The van der Waals surface area contributed by atoms with Crippen LogP contribution in [-0.2, 0) is 14.3 Å². The molecule has 0 radical (unpaired) electrons. The third-order valence-corrected chi connectivity index (χ3v) is 7.43. The predicted molar refractivity (Wildman–Crippen MR) is 133 cm³/mol. The molecule has 0 aliphatic heterocycles. The molecule has 7 nitrogen and oxygen atoms in total. The largest absolute Gasteiger partial charge is 0.480 e. The molecule has 1 atom stereocenters. The van der Waals surface area contributed by atoms with Crippen LogP contribution >= 0.6 is 0 Å². The number of nitrogens with one attached hydrogen (secondary N) is 2. The topological polar surface area (TPSA) is 105 Å². The van der Waals surface area contributed by atoms with Crippen LogP contribution in [0.25, 0.3) is 11.1 Å². The van der Waals surface area contributed by atoms with Crippen molar-refractivity contribution in [3.05, 3.63) is 59.7 Å². The lowest BCUT2D eigenvalue weighted by atomic mass is 9.77. The number of carboxylic acid groups (broad SMARTS) is 1. The SMILES string of the molecule is CCC[C@H](NC(=O)OCC1c2ccccc2-c2ccccc21)C(=O)NC1(C(=O)O)CCC(C)CC1. The number of rotatable bonds is 8. The van der Waals surface area contributed by atoms with E-state index in [2.05, 4.69) is 29.7 Å². The van der Waals surface area contributed by atoms with Crippen LogP contribution < -0.4 is 10.6 Å². The molecule has 0 heterocycles. The van der Waals surface area contributed by atoms with Gasteiger partial charge in [0, 0.05) is 5.92 Å². The molecular weight excluding hydrogens is 444 g/mol. The number of amides is 2. The molecule has 35 heavy (non-hydrogen) atoms. The van der Waals surface area contributed by atoms with Crippen molar-refractivity contribution in [3.63, 3.8) is 0 Å². The Morgan fingerprint density at radius 1 is 1.03 bits per heavy atom. The van der Waals surface area contributed by atoms with Gasteiger partial charge >= 0.3 is 12.1 Å². The van der Waals surface area contributed by atoms with Gasteiger partial charge in [0.1, 0.15) is 18.2 Å². The molecule has 2 amide bonds. The molecule has 186 valence electrons. The van der Waals surface area contributed by atoms with E-state index in [4.69, 9.17) is 4.74 Å². The van der Waals surface area contributed by atoms with E-state index in [0.717, 1.165) is 35.1 Å². The van der Waals surface area contributed by atoms with E-state index in [1.54, 1.807) is 0 Å². The van der Waals surface area contributed by atoms with Crippen molar-refractivity contribution in [1.82, 2.24) is 10.6 Å². The molecule has 2 aromatic carbocycles. The molecular formula is C28H34N2O5. The number of fused-ring (bicyclic) bond motifs is 3. The van der Waals surface area contributed by atoms with Crippen molar-refractivity contribution < 1.29 is 24.2 Å². The van der Waals surface area contributed by atoms with Crippen LogP contribution in [0.2, 0.25) is 0 Å². The Kier molecular flexibility index (Phi) is 7.43. The minimum absolute atomic E-state index is 0.0777. The van der Waals surface area contributed by atoms with Gasteiger partial charge in [-0.3, -0.25) is 4.79 Å². The highest BCUT2D eigenvalue weighted by atomic mass is 16.5. The van der Waals surface area contributed by atoms with Crippen LogP contribution in [-0.4, -0.2) is 41.3 Å². The lowest BCUT2D eigenvalue weighted by Crippen LogP contribution is -2.60. The number of ether oxygens (including phenoxy) is 1. The van der Waals surface area contributed by atoms with Crippen LogP contribution in [0.1, 0.15) is 69.4 Å². The van der Waals surface area contributed by atoms with E-state index >= 15 is 0 Å². The average molecular weight is 479 g/mol. The zero-order valence-electron chi connectivity index (χ0n) is 20.4. The quantitative estimate of drug-likeness (QED) is 0.503. The first kappa shape index (κ1) is 24.8. The van der Waals surface area contributed by atoms with Gasteiger partial charge in [-0.25, -0.2) is 9.59 Å². The van der Waals surface area contributed by atoms with Gasteiger partial charge in [0.25, 0.3) is 0 Å². The normalized spacial score (nSPS) is 21.9. The Morgan fingerprint density at radius 2 is 1.60 bits per heavy atom. The fourth-order valence-electron chi connectivity index (χ4n) is 5.31. The zero-order chi connectivity index (χ0) is 25.0. The molecule has 1 fully saturated rings. The van der Waals surface area contributed by atoms with E-state index in [1.807, 2.05) is 43.3 Å². The Labute approximate surface area is 206 Å². The average Bonchev–Trinajstić information content (AvgIpc) is 3.17. The van der Waals surface area contributed by atoms with Crippen molar-refractivity contribution in [1.29, 1.82) is 0 Å². The maximum atomic E-state index is 13.1. The molecule has 0 spiro atoms. The first-order valence-electron chi connectivity index (χ1n) is 12.5. The van der Waals surface area contributed by atoms with Crippen LogP contribution in [0.5, 0.6) is 0 Å². The second kappa shape index (κ2) is 10.5. The van der Waals surface area contributed by atoms with E-state index < -0.39 is 29.6 Å². The fourth-order valence-corrected chi connectivity index (χ4v) is 5.31. The Balaban J connectivity index is 1.40. The highest BCUT2D eigenvalue weighted by Gasteiger charge is 2.43.